The fraction of sp³-hybridized carbons (Fsp3) is 0.407. The maximum absolute atomic E-state index is 14.8. The molecule has 39 heavy (non-hydrogen) atoms. The number of hydrogen-bond donors (Lipinski definition) is 3. The number of ether oxygens (including phenoxy) is 1. The second-order valence-electron chi connectivity index (χ2n) is 9.11. The van der Waals surface area contributed by atoms with Gasteiger partial charge in [-0.05, 0) is 61.2 Å². The molecule has 0 saturated carbocycles. The minimum Gasteiger partial charge on any atom is -0.378 e. The number of nitrogens with two attached hydrogens (primary N) is 2. The lowest BCUT2D eigenvalue weighted by molar-refractivity contribution is -0.137. The Morgan fingerprint density at radius 1 is 1.23 bits per heavy atom. The number of hydrogen-bond acceptors (Lipinski definition) is 6. The first-order valence-electron chi connectivity index (χ1n) is 12.7. The third-order valence-electron chi connectivity index (χ3n) is 6.52. The summed E-state index contributed by atoms with van der Waals surface area (Å²) in [6.07, 6.45) is -0.427. The van der Waals surface area contributed by atoms with Crippen LogP contribution in [0.5, 0.6) is 0 Å². The number of aryl methyl sites for hydroxylation is 1. The molecule has 12 heteroatoms. The van der Waals surface area contributed by atoms with Crippen molar-refractivity contribution in [3.8, 4) is 0 Å². The van der Waals surface area contributed by atoms with Gasteiger partial charge in [0.2, 0.25) is 5.96 Å². The van der Waals surface area contributed by atoms with Crippen molar-refractivity contribution in [2.24, 2.45) is 21.7 Å². The minimum absolute atomic E-state index is 0.129. The fourth-order valence-corrected chi connectivity index (χ4v) is 4.22. The van der Waals surface area contributed by atoms with Crippen LogP contribution in [0.25, 0.3) is 0 Å². The highest BCUT2D eigenvalue weighted by atomic mass is 19.4. The molecule has 0 aliphatic carbocycles. The van der Waals surface area contributed by atoms with E-state index in [1.165, 1.54) is 12.3 Å². The highest BCUT2D eigenvalue weighted by Crippen LogP contribution is 2.31. The Hall–Kier alpha value is -3.48. The molecule has 8 nitrogen and oxygen atoms in total. The Morgan fingerprint density at radius 3 is 2.67 bits per heavy atom. The first-order chi connectivity index (χ1) is 18.5. The fourth-order valence-electron chi connectivity index (χ4n) is 4.22. The number of anilines is 2. The smallest absolute Gasteiger partial charge is 0.378 e. The molecule has 5 N–H and O–H groups in total. The molecule has 2 aromatic rings. The average molecular weight is 550 g/mol. The zero-order valence-electron chi connectivity index (χ0n) is 22.3. The zero-order valence-corrected chi connectivity index (χ0v) is 22.3. The molecule has 0 bridgehead atoms. The third kappa shape index (κ3) is 8.25. The van der Waals surface area contributed by atoms with Crippen LogP contribution in [0.4, 0.5) is 28.9 Å². The molecule has 2 unspecified atom stereocenters. The number of guanidine groups is 1. The molecule has 0 aromatic heterocycles. The summed E-state index contributed by atoms with van der Waals surface area (Å²) in [5.41, 5.74) is 7.69. The Morgan fingerprint density at radius 2 is 1.97 bits per heavy atom. The molecule has 1 heterocycles. The topological polar surface area (TPSA) is 104 Å². The quantitative estimate of drug-likeness (QED) is 0.131. The highest BCUT2D eigenvalue weighted by molar-refractivity contribution is 5.85. The first kappa shape index (κ1) is 30.1. The van der Waals surface area contributed by atoms with Gasteiger partial charge in [-0.15, -0.1) is 0 Å². The van der Waals surface area contributed by atoms with Crippen molar-refractivity contribution in [1.29, 1.82) is 0 Å². The molecule has 0 spiro atoms. The van der Waals surface area contributed by atoms with Crippen LogP contribution < -0.4 is 16.9 Å². The summed E-state index contributed by atoms with van der Waals surface area (Å²) in [6.45, 7) is 7.47. The number of alkyl halides is 3. The van der Waals surface area contributed by atoms with Crippen molar-refractivity contribution in [3.05, 3.63) is 71.2 Å². The molecule has 0 amide bonds. The van der Waals surface area contributed by atoms with Crippen LogP contribution >= 0.6 is 0 Å². The summed E-state index contributed by atoms with van der Waals surface area (Å²) in [6, 6.07) is 9.91. The molecule has 0 radical (unpaired) electrons. The van der Waals surface area contributed by atoms with Gasteiger partial charge in [-0.1, -0.05) is 26.0 Å². The van der Waals surface area contributed by atoms with Gasteiger partial charge in [0.15, 0.2) is 0 Å². The Labute approximate surface area is 226 Å². The maximum Gasteiger partial charge on any atom is 0.416 e. The van der Waals surface area contributed by atoms with Gasteiger partial charge in [0.25, 0.3) is 0 Å². The number of hydrazine groups is 1. The van der Waals surface area contributed by atoms with Gasteiger partial charge < -0.3 is 15.8 Å². The second-order valence-corrected chi connectivity index (χ2v) is 9.11. The van der Waals surface area contributed by atoms with Crippen LogP contribution in [-0.2, 0) is 17.3 Å². The van der Waals surface area contributed by atoms with E-state index in [0.717, 1.165) is 41.0 Å². The number of morpholine rings is 1. The van der Waals surface area contributed by atoms with Crippen LogP contribution in [0.3, 0.4) is 0 Å². The normalized spacial score (nSPS) is 18.4. The number of nitrogens with zero attached hydrogens (tertiary/aromatic N) is 4. The minimum atomic E-state index is -4.42. The predicted molar refractivity (Wildman–Crippen MR) is 146 cm³/mol. The Kier molecular flexibility index (Phi) is 10.4. The summed E-state index contributed by atoms with van der Waals surface area (Å²) < 4.78 is 59.3. The molecular weight excluding hydrogens is 514 g/mol. The van der Waals surface area contributed by atoms with E-state index in [-0.39, 0.29) is 12.0 Å². The number of nitrogens with one attached hydrogen (secondary N) is 1. The van der Waals surface area contributed by atoms with Gasteiger partial charge in [-0.3, -0.25) is 4.90 Å². The zero-order chi connectivity index (χ0) is 28.6. The lowest BCUT2D eigenvalue weighted by Crippen LogP contribution is -2.49. The van der Waals surface area contributed by atoms with Gasteiger partial charge >= 0.3 is 6.18 Å². The molecule has 1 fully saturated rings. The summed E-state index contributed by atoms with van der Waals surface area (Å²) in [4.78, 5) is 5.97. The molecule has 2 atom stereocenters. The van der Waals surface area contributed by atoms with E-state index in [4.69, 9.17) is 16.3 Å². The lowest BCUT2D eigenvalue weighted by Gasteiger charge is -2.38. The monoisotopic (exact) mass is 549 g/mol. The lowest BCUT2D eigenvalue weighted by atomic mass is 10.0. The Bertz CT molecular complexity index is 1200. The number of halogens is 4. The summed E-state index contributed by atoms with van der Waals surface area (Å²) >= 11 is 0. The van der Waals surface area contributed by atoms with Crippen LogP contribution in [-0.4, -0.2) is 54.0 Å². The highest BCUT2D eigenvalue weighted by Gasteiger charge is 2.30. The molecular formula is C27H35F4N7O. The molecule has 1 saturated heterocycles. The van der Waals surface area contributed by atoms with Crippen molar-refractivity contribution in [3.63, 3.8) is 0 Å². The summed E-state index contributed by atoms with van der Waals surface area (Å²) in [5, 5.41) is 7.94. The number of benzene rings is 2. The van der Waals surface area contributed by atoms with Crippen molar-refractivity contribution < 1.29 is 22.3 Å². The van der Waals surface area contributed by atoms with Gasteiger partial charge in [-0.25, -0.2) is 15.2 Å². The van der Waals surface area contributed by atoms with Crippen LogP contribution in [0.1, 0.15) is 43.9 Å². The predicted octanol–water partition coefficient (Wildman–Crippen LogP) is 5.15. The van der Waals surface area contributed by atoms with E-state index in [0.29, 0.717) is 37.6 Å². The van der Waals surface area contributed by atoms with Gasteiger partial charge in [0, 0.05) is 24.0 Å². The van der Waals surface area contributed by atoms with Gasteiger partial charge in [-0.2, -0.15) is 23.4 Å². The van der Waals surface area contributed by atoms with Gasteiger partial charge in [0.1, 0.15) is 5.83 Å². The van der Waals surface area contributed by atoms with E-state index in [1.54, 1.807) is 25.1 Å². The average Bonchev–Trinajstić information content (AvgIpc) is 2.93. The first-order valence-corrected chi connectivity index (χ1v) is 12.7. The number of aliphatic imine (C=N–C) groups is 1. The van der Waals surface area contributed by atoms with Crippen molar-refractivity contribution in [1.82, 2.24) is 10.0 Å². The van der Waals surface area contributed by atoms with Crippen molar-refractivity contribution in [2.45, 2.75) is 51.9 Å². The van der Waals surface area contributed by atoms with Crippen molar-refractivity contribution >= 4 is 23.5 Å². The van der Waals surface area contributed by atoms with Crippen LogP contribution in [0.2, 0.25) is 0 Å². The molecule has 3 rings (SSSR count). The molecule has 1 aliphatic rings. The summed E-state index contributed by atoms with van der Waals surface area (Å²) in [7, 11) is 0. The number of rotatable bonds is 9. The molecule has 212 valence electrons. The number of hydrazone groups is 1. The maximum atomic E-state index is 14.8. The van der Waals surface area contributed by atoms with E-state index < -0.39 is 23.6 Å². The summed E-state index contributed by atoms with van der Waals surface area (Å²) in [5.74, 6) is 5.23. The second kappa shape index (κ2) is 13.5. The Balaban J connectivity index is 1.67. The largest absolute Gasteiger partial charge is 0.416 e. The van der Waals surface area contributed by atoms with E-state index in [9.17, 15) is 17.6 Å². The van der Waals surface area contributed by atoms with Crippen molar-refractivity contribution in [2.75, 3.05) is 25.1 Å². The SMILES string of the molecule is CCc1cc(Nc2cccc(C(F)(F)F)c2)ccc1/C=N/N(N)C(N)=N/C=C(/F)C(C)N1CCOCC1CC. The van der Waals surface area contributed by atoms with E-state index in [1.807, 2.05) is 24.8 Å². The molecule has 1 aliphatic heterocycles. The molecule has 2 aromatic carbocycles. The van der Waals surface area contributed by atoms with E-state index in [2.05, 4.69) is 15.4 Å². The standard InChI is InChI=1S/C27H35F4N7O/c1-4-19-13-23(36-22-8-6-7-21(14-22)27(29,30)31)10-9-20(19)15-35-38(33)26(32)34-16-25(28)18(3)37-11-12-39-17-24(37)5-2/h6-10,13-16,18,24,36H,4-5,11-12,17,33H2,1-3H3,(H2,32,34)/b25-16+,35-15+. The van der Waals surface area contributed by atoms with Crippen LogP contribution in [0, 0.1) is 0 Å². The van der Waals surface area contributed by atoms with E-state index >= 15 is 0 Å². The third-order valence-corrected chi connectivity index (χ3v) is 6.52. The van der Waals surface area contributed by atoms with Crippen LogP contribution in [0.15, 0.2) is 64.6 Å². The van der Waals surface area contributed by atoms with Gasteiger partial charge in [0.05, 0.1) is 37.2 Å².